The lowest BCUT2D eigenvalue weighted by atomic mass is 10.1. The van der Waals surface area contributed by atoms with Gasteiger partial charge in [-0.05, 0) is 23.6 Å². The summed E-state index contributed by atoms with van der Waals surface area (Å²) in [6.07, 6.45) is 0.254. The average Bonchev–Trinajstić information content (AvgIpc) is 3.44. The SMILES string of the molecule is O=C(NCCN1CCN(C(=O)c2cccs2)CC1)C1CC(=O)N(c2ccccc2)C1. The molecule has 0 radical (unpaired) electrons. The molecule has 2 saturated heterocycles. The van der Waals surface area contributed by atoms with Crippen molar-refractivity contribution in [3.05, 3.63) is 52.7 Å². The van der Waals surface area contributed by atoms with Gasteiger partial charge in [-0.3, -0.25) is 19.3 Å². The normalized spacial score (nSPS) is 19.9. The summed E-state index contributed by atoms with van der Waals surface area (Å²) in [5, 5.41) is 4.90. The predicted molar refractivity (Wildman–Crippen MR) is 117 cm³/mol. The average molecular weight is 427 g/mol. The molecule has 0 bridgehead atoms. The van der Waals surface area contributed by atoms with E-state index in [-0.39, 0.29) is 30.1 Å². The standard InChI is InChI=1S/C22H26N4O3S/c27-20-15-17(16-26(20)18-5-2-1-3-6-18)21(28)23-8-9-24-10-12-25(13-11-24)22(29)19-7-4-14-30-19/h1-7,14,17H,8-13,15-16H2,(H,23,28). The van der Waals surface area contributed by atoms with Crippen molar-refractivity contribution < 1.29 is 14.4 Å². The maximum atomic E-state index is 12.5. The summed E-state index contributed by atoms with van der Waals surface area (Å²) in [5.74, 6) is -0.272. The molecular weight excluding hydrogens is 400 g/mol. The number of para-hydroxylation sites is 1. The number of nitrogens with one attached hydrogen (secondary N) is 1. The van der Waals surface area contributed by atoms with Gasteiger partial charge in [-0.2, -0.15) is 0 Å². The van der Waals surface area contributed by atoms with Gasteiger partial charge in [0.2, 0.25) is 11.8 Å². The molecule has 0 saturated carbocycles. The van der Waals surface area contributed by atoms with Crippen LogP contribution in [0.4, 0.5) is 5.69 Å². The molecule has 3 heterocycles. The Kier molecular flexibility index (Phi) is 6.44. The molecule has 1 unspecified atom stereocenters. The zero-order valence-corrected chi connectivity index (χ0v) is 17.6. The number of thiophene rings is 1. The Morgan fingerprint density at radius 2 is 1.80 bits per heavy atom. The number of carbonyl (C=O) groups excluding carboxylic acids is 3. The van der Waals surface area contributed by atoms with Crippen LogP contribution in [-0.4, -0.2) is 73.3 Å². The second kappa shape index (κ2) is 9.40. The maximum absolute atomic E-state index is 12.5. The first kappa shape index (κ1) is 20.6. The van der Waals surface area contributed by atoms with Gasteiger partial charge >= 0.3 is 0 Å². The lowest BCUT2D eigenvalue weighted by Crippen LogP contribution is -2.50. The molecule has 2 aliphatic heterocycles. The zero-order chi connectivity index (χ0) is 20.9. The minimum Gasteiger partial charge on any atom is -0.355 e. The summed E-state index contributed by atoms with van der Waals surface area (Å²) in [4.78, 5) is 43.8. The van der Waals surface area contributed by atoms with Crippen molar-refractivity contribution in [1.29, 1.82) is 0 Å². The van der Waals surface area contributed by atoms with Crippen LogP contribution in [-0.2, 0) is 9.59 Å². The number of anilines is 1. The van der Waals surface area contributed by atoms with E-state index in [4.69, 9.17) is 0 Å². The monoisotopic (exact) mass is 426 g/mol. The fourth-order valence-corrected chi connectivity index (χ4v) is 4.64. The topological polar surface area (TPSA) is 73.0 Å². The summed E-state index contributed by atoms with van der Waals surface area (Å²) in [7, 11) is 0. The molecule has 1 aromatic heterocycles. The molecule has 8 heteroatoms. The highest BCUT2D eigenvalue weighted by Gasteiger charge is 2.35. The van der Waals surface area contributed by atoms with Gasteiger partial charge < -0.3 is 15.1 Å². The van der Waals surface area contributed by atoms with Gasteiger partial charge in [0.25, 0.3) is 5.91 Å². The molecule has 1 aromatic carbocycles. The molecule has 0 spiro atoms. The first-order chi connectivity index (χ1) is 14.6. The predicted octanol–water partition coefficient (Wildman–Crippen LogP) is 1.68. The first-order valence-corrected chi connectivity index (χ1v) is 11.2. The Morgan fingerprint density at radius 1 is 1.03 bits per heavy atom. The van der Waals surface area contributed by atoms with Crippen molar-refractivity contribution >= 4 is 34.7 Å². The van der Waals surface area contributed by atoms with Gasteiger partial charge in [0.15, 0.2) is 0 Å². The second-order valence-corrected chi connectivity index (χ2v) is 8.59. The molecular formula is C22H26N4O3S. The number of hydrogen-bond acceptors (Lipinski definition) is 5. The highest BCUT2D eigenvalue weighted by atomic mass is 32.1. The third kappa shape index (κ3) is 4.71. The molecule has 4 rings (SSSR count). The fourth-order valence-electron chi connectivity index (χ4n) is 3.95. The van der Waals surface area contributed by atoms with Crippen LogP contribution in [0.2, 0.25) is 0 Å². The largest absolute Gasteiger partial charge is 0.355 e. The third-order valence-corrected chi connectivity index (χ3v) is 6.54. The number of amides is 3. The molecule has 2 aliphatic rings. The van der Waals surface area contributed by atoms with Crippen LogP contribution in [0.3, 0.4) is 0 Å². The van der Waals surface area contributed by atoms with Crippen molar-refractivity contribution in [2.45, 2.75) is 6.42 Å². The zero-order valence-electron chi connectivity index (χ0n) is 16.8. The number of benzene rings is 1. The highest BCUT2D eigenvalue weighted by molar-refractivity contribution is 7.12. The molecule has 3 amide bonds. The molecule has 2 aromatic rings. The number of carbonyl (C=O) groups is 3. The smallest absolute Gasteiger partial charge is 0.264 e. The van der Waals surface area contributed by atoms with Crippen LogP contribution < -0.4 is 10.2 Å². The third-order valence-electron chi connectivity index (χ3n) is 5.68. The van der Waals surface area contributed by atoms with E-state index in [1.807, 2.05) is 52.7 Å². The van der Waals surface area contributed by atoms with E-state index in [1.165, 1.54) is 11.3 Å². The Bertz CT molecular complexity index is 879. The van der Waals surface area contributed by atoms with E-state index in [0.717, 1.165) is 30.2 Å². The maximum Gasteiger partial charge on any atom is 0.264 e. The Labute approximate surface area is 180 Å². The van der Waals surface area contributed by atoms with E-state index in [9.17, 15) is 14.4 Å². The Hall–Kier alpha value is -2.71. The summed E-state index contributed by atoms with van der Waals surface area (Å²) in [5.41, 5.74) is 0.841. The minimum atomic E-state index is -0.307. The number of piperazine rings is 1. The first-order valence-electron chi connectivity index (χ1n) is 10.3. The van der Waals surface area contributed by atoms with Crippen LogP contribution in [0.25, 0.3) is 0 Å². The quantitative estimate of drug-likeness (QED) is 0.763. The summed E-state index contributed by atoms with van der Waals surface area (Å²) >= 11 is 1.47. The van der Waals surface area contributed by atoms with Crippen LogP contribution in [0.5, 0.6) is 0 Å². The van der Waals surface area contributed by atoms with E-state index in [2.05, 4.69) is 10.2 Å². The molecule has 30 heavy (non-hydrogen) atoms. The van der Waals surface area contributed by atoms with Gasteiger partial charge in [-0.15, -0.1) is 11.3 Å². The van der Waals surface area contributed by atoms with Gasteiger partial charge in [-0.25, -0.2) is 0 Å². The van der Waals surface area contributed by atoms with Crippen molar-refractivity contribution in [3.63, 3.8) is 0 Å². The van der Waals surface area contributed by atoms with Crippen LogP contribution in [0.1, 0.15) is 16.1 Å². The number of rotatable bonds is 6. The molecule has 158 valence electrons. The van der Waals surface area contributed by atoms with Crippen LogP contribution in [0, 0.1) is 5.92 Å². The van der Waals surface area contributed by atoms with Gasteiger partial charge in [0.1, 0.15) is 0 Å². The molecule has 0 aliphatic carbocycles. The van der Waals surface area contributed by atoms with Crippen LogP contribution >= 0.6 is 11.3 Å². The summed E-state index contributed by atoms with van der Waals surface area (Å²) in [6.45, 7) is 4.73. The molecule has 1 N–H and O–H groups in total. The lowest BCUT2D eigenvalue weighted by Gasteiger charge is -2.34. The van der Waals surface area contributed by atoms with Crippen molar-refractivity contribution in [1.82, 2.24) is 15.1 Å². The molecule has 2 fully saturated rings. The molecule has 1 atom stereocenters. The lowest BCUT2D eigenvalue weighted by molar-refractivity contribution is -0.126. The highest BCUT2D eigenvalue weighted by Crippen LogP contribution is 2.24. The van der Waals surface area contributed by atoms with Crippen molar-refractivity contribution in [2.75, 3.05) is 50.7 Å². The van der Waals surface area contributed by atoms with Crippen LogP contribution in [0.15, 0.2) is 47.8 Å². The van der Waals surface area contributed by atoms with Crippen molar-refractivity contribution in [2.24, 2.45) is 5.92 Å². The second-order valence-electron chi connectivity index (χ2n) is 7.64. The van der Waals surface area contributed by atoms with Crippen molar-refractivity contribution in [3.8, 4) is 0 Å². The minimum absolute atomic E-state index is 0.00659. The van der Waals surface area contributed by atoms with Gasteiger partial charge in [0.05, 0.1) is 10.8 Å². The van der Waals surface area contributed by atoms with Gasteiger partial charge in [0, 0.05) is 57.9 Å². The fraction of sp³-hybridized carbons (Fsp3) is 0.409. The van der Waals surface area contributed by atoms with E-state index < -0.39 is 0 Å². The van der Waals surface area contributed by atoms with E-state index >= 15 is 0 Å². The summed E-state index contributed by atoms with van der Waals surface area (Å²) < 4.78 is 0. The number of hydrogen-bond donors (Lipinski definition) is 1. The van der Waals surface area contributed by atoms with Gasteiger partial charge in [-0.1, -0.05) is 24.3 Å². The van der Waals surface area contributed by atoms with E-state index in [1.54, 1.807) is 4.90 Å². The Balaban J connectivity index is 1.18. The molecule has 7 nitrogen and oxygen atoms in total. The Morgan fingerprint density at radius 3 is 2.50 bits per heavy atom. The number of nitrogens with zero attached hydrogens (tertiary/aromatic N) is 3. The summed E-state index contributed by atoms with van der Waals surface area (Å²) in [6, 6.07) is 13.2. The van der Waals surface area contributed by atoms with E-state index in [0.29, 0.717) is 26.2 Å².